The van der Waals surface area contributed by atoms with Gasteiger partial charge in [-0.3, -0.25) is 9.78 Å². The molecule has 7 heteroatoms. The molecule has 0 saturated carbocycles. The van der Waals surface area contributed by atoms with Crippen LogP contribution in [0.25, 0.3) is 11.1 Å². The summed E-state index contributed by atoms with van der Waals surface area (Å²) in [4.78, 5) is 21.7. The molecule has 212 valence electrons. The Labute approximate surface area is 242 Å². The van der Waals surface area contributed by atoms with Crippen LogP contribution < -0.4 is 14.4 Å². The molecule has 0 spiro atoms. The smallest absolute Gasteiger partial charge is 0.224 e. The van der Waals surface area contributed by atoms with Gasteiger partial charge in [-0.2, -0.15) is 0 Å². The van der Waals surface area contributed by atoms with Crippen molar-refractivity contribution in [1.29, 1.82) is 0 Å². The van der Waals surface area contributed by atoms with Crippen molar-refractivity contribution in [3.8, 4) is 22.6 Å². The van der Waals surface area contributed by atoms with Gasteiger partial charge in [0.2, 0.25) is 5.91 Å². The Morgan fingerprint density at radius 2 is 1.80 bits per heavy atom. The van der Waals surface area contributed by atoms with Crippen molar-refractivity contribution in [3.63, 3.8) is 0 Å². The first-order valence-electron chi connectivity index (χ1n) is 14.0. The lowest BCUT2D eigenvalue weighted by atomic mass is 9.98. The van der Waals surface area contributed by atoms with Crippen LogP contribution in [0.2, 0.25) is 0 Å². The lowest BCUT2D eigenvalue weighted by molar-refractivity contribution is -0.132. The fourth-order valence-electron chi connectivity index (χ4n) is 5.02. The van der Waals surface area contributed by atoms with Gasteiger partial charge in [0.25, 0.3) is 0 Å². The van der Waals surface area contributed by atoms with E-state index in [0.29, 0.717) is 45.9 Å². The minimum absolute atomic E-state index is 0.106. The number of anilines is 1. The van der Waals surface area contributed by atoms with E-state index in [1.807, 2.05) is 54.5 Å². The molecular weight excluding hydrogens is 514 g/mol. The number of aromatic nitrogens is 1. The molecule has 41 heavy (non-hydrogen) atoms. The number of amides is 1. The Morgan fingerprint density at radius 3 is 2.61 bits per heavy atom. The number of nitrogens with zero attached hydrogens (tertiary/aromatic N) is 3. The molecule has 0 N–H and O–H groups in total. The number of carbonyl (C=O) groups excluding carboxylic acids is 1. The van der Waals surface area contributed by atoms with Crippen molar-refractivity contribution < 1.29 is 19.0 Å². The van der Waals surface area contributed by atoms with Crippen LogP contribution in [-0.4, -0.2) is 62.9 Å². The Balaban J connectivity index is 1.31. The van der Waals surface area contributed by atoms with Gasteiger partial charge in [-0.25, -0.2) is 0 Å². The molecule has 1 aromatic heterocycles. The fourth-order valence-corrected chi connectivity index (χ4v) is 5.02. The van der Waals surface area contributed by atoms with Gasteiger partial charge in [-0.1, -0.05) is 36.4 Å². The fraction of sp³-hybridized carbons (Fsp3) is 0.294. The number of fused-ring (bicyclic) bond motifs is 3. The number of ether oxygens (including phenoxy) is 3. The predicted octanol–water partition coefficient (Wildman–Crippen LogP) is 5.61. The number of methoxy groups -OCH3 is 1. The average Bonchev–Trinajstić information content (AvgIpc) is 3.01. The van der Waals surface area contributed by atoms with Gasteiger partial charge < -0.3 is 24.0 Å². The number of hydrogen-bond donors (Lipinski definition) is 0. The number of hydrogen-bond acceptors (Lipinski definition) is 6. The van der Waals surface area contributed by atoms with Gasteiger partial charge in [-0.15, -0.1) is 0 Å². The van der Waals surface area contributed by atoms with Crippen LogP contribution in [0.15, 0.2) is 91.3 Å². The summed E-state index contributed by atoms with van der Waals surface area (Å²) in [6, 6.07) is 26.7. The quantitative estimate of drug-likeness (QED) is 0.310. The molecule has 0 saturated heterocycles. The Bertz CT molecular complexity index is 1430. The van der Waals surface area contributed by atoms with Crippen LogP contribution in [-0.2, 0) is 22.5 Å². The molecule has 7 nitrogen and oxygen atoms in total. The van der Waals surface area contributed by atoms with Crippen molar-refractivity contribution >= 4 is 11.6 Å². The normalized spacial score (nSPS) is 13.9. The zero-order valence-corrected chi connectivity index (χ0v) is 23.8. The standard InChI is InChI=1S/C34H37N3O4/c1-36(31-9-11-32(39-2)12-10-31)16-14-34(38)37-17-18-40-19-20-41-33-13-8-28(29-7-4-15-35-24-29)23-30(33)22-26-5-3-6-27(21-26)25-37/h3-13,15,21,23-24H,14,16-20,22,25H2,1-2H3. The monoisotopic (exact) mass is 551 g/mol. The molecular formula is C34H37N3O4. The maximum Gasteiger partial charge on any atom is 0.224 e. The summed E-state index contributed by atoms with van der Waals surface area (Å²) in [7, 11) is 3.66. The van der Waals surface area contributed by atoms with E-state index >= 15 is 0 Å². The topological polar surface area (TPSA) is 64.1 Å². The van der Waals surface area contributed by atoms with Crippen molar-refractivity contribution in [3.05, 3.63) is 108 Å². The highest BCUT2D eigenvalue weighted by Gasteiger charge is 2.17. The van der Waals surface area contributed by atoms with Gasteiger partial charge in [0.05, 0.1) is 20.3 Å². The summed E-state index contributed by atoms with van der Waals surface area (Å²) in [6.45, 7) is 3.04. The molecule has 0 atom stereocenters. The van der Waals surface area contributed by atoms with E-state index in [1.165, 1.54) is 5.56 Å². The van der Waals surface area contributed by atoms with E-state index in [1.54, 1.807) is 13.3 Å². The Kier molecular flexibility index (Phi) is 9.49. The molecule has 3 aromatic carbocycles. The second-order valence-corrected chi connectivity index (χ2v) is 10.2. The first-order valence-corrected chi connectivity index (χ1v) is 14.0. The molecule has 5 rings (SSSR count). The lowest BCUT2D eigenvalue weighted by Crippen LogP contribution is -2.36. The van der Waals surface area contributed by atoms with Crippen molar-refractivity contribution in [2.45, 2.75) is 19.4 Å². The van der Waals surface area contributed by atoms with Gasteiger partial charge in [0.1, 0.15) is 18.1 Å². The highest BCUT2D eigenvalue weighted by atomic mass is 16.5. The summed E-state index contributed by atoms with van der Waals surface area (Å²) in [5.41, 5.74) is 6.60. The third-order valence-electron chi connectivity index (χ3n) is 7.33. The molecule has 1 aliphatic heterocycles. The second-order valence-electron chi connectivity index (χ2n) is 10.2. The van der Waals surface area contributed by atoms with E-state index in [4.69, 9.17) is 14.2 Å². The van der Waals surface area contributed by atoms with E-state index in [-0.39, 0.29) is 5.91 Å². The van der Waals surface area contributed by atoms with E-state index in [2.05, 4.69) is 52.3 Å². The van der Waals surface area contributed by atoms with E-state index in [9.17, 15) is 4.79 Å². The number of benzene rings is 3. The summed E-state index contributed by atoms with van der Waals surface area (Å²) in [5, 5.41) is 0. The van der Waals surface area contributed by atoms with E-state index in [0.717, 1.165) is 45.9 Å². The minimum Gasteiger partial charge on any atom is -0.497 e. The summed E-state index contributed by atoms with van der Waals surface area (Å²) in [6.07, 6.45) is 4.79. The van der Waals surface area contributed by atoms with Gasteiger partial charge in [-0.05, 0) is 64.7 Å². The van der Waals surface area contributed by atoms with Crippen molar-refractivity contribution in [2.75, 3.05) is 52.0 Å². The molecule has 2 heterocycles. The number of rotatable bonds is 6. The van der Waals surface area contributed by atoms with E-state index < -0.39 is 0 Å². The molecule has 1 amide bonds. The molecule has 0 radical (unpaired) electrons. The average molecular weight is 552 g/mol. The molecule has 0 unspecified atom stereocenters. The second kappa shape index (κ2) is 13.8. The van der Waals surface area contributed by atoms with Gasteiger partial charge in [0, 0.05) is 63.2 Å². The number of carbonyl (C=O) groups is 1. The van der Waals surface area contributed by atoms with Gasteiger partial charge >= 0.3 is 0 Å². The summed E-state index contributed by atoms with van der Waals surface area (Å²) >= 11 is 0. The predicted molar refractivity (Wildman–Crippen MR) is 162 cm³/mol. The summed E-state index contributed by atoms with van der Waals surface area (Å²) < 4.78 is 17.3. The first-order chi connectivity index (χ1) is 20.1. The largest absolute Gasteiger partial charge is 0.497 e. The summed E-state index contributed by atoms with van der Waals surface area (Å²) in [5.74, 6) is 1.78. The third kappa shape index (κ3) is 7.64. The van der Waals surface area contributed by atoms with Crippen LogP contribution in [0.3, 0.4) is 0 Å². The molecule has 0 fully saturated rings. The highest BCUT2D eigenvalue weighted by molar-refractivity contribution is 5.77. The van der Waals surface area contributed by atoms with Crippen LogP contribution >= 0.6 is 0 Å². The maximum atomic E-state index is 13.4. The van der Waals surface area contributed by atoms with Crippen LogP contribution in [0.1, 0.15) is 23.1 Å². The Morgan fingerprint density at radius 1 is 0.951 bits per heavy atom. The van der Waals surface area contributed by atoms with Crippen molar-refractivity contribution in [1.82, 2.24) is 9.88 Å². The highest BCUT2D eigenvalue weighted by Crippen LogP contribution is 2.29. The maximum absolute atomic E-state index is 13.4. The number of pyridine rings is 1. The van der Waals surface area contributed by atoms with Crippen LogP contribution in [0, 0.1) is 0 Å². The SMILES string of the molecule is COc1ccc(N(C)CCC(=O)N2CCOCCOc3ccc(-c4cccnc4)cc3Cc3cccc(c3)C2)cc1. The zero-order chi connectivity index (χ0) is 28.4. The van der Waals surface area contributed by atoms with Crippen molar-refractivity contribution in [2.24, 2.45) is 0 Å². The minimum atomic E-state index is 0.106. The third-order valence-corrected chi connectivity index (χ3v) is 7.33. The molecule has 4 aromatic rings. The molecule has 1 aliphatic rings. The first kappa shape index (κ1) is 28.2. The van der Waals surface area contributed by atoms with Crippen LogP contribution in [0.4, 0.5) is 5.69 Å². The lowest BCUT2D eigenvalue weighted by Gasteiger charge is -2.26. The molecule has 2 bridgehead atoms. The van der Waals surface area contributed by atoms with Crippen LogP contribution in [0.5, 0.6) is 11.5 Å². The van der Waals surface area contributed by atoms with Gasteiger partial charge in [0.15, 0.2) is 0 Å². The Hall–Kier alpha value is -4.36. The zero-order valence-electron chi connectivity index (χ0n) is 23.8. The molecule has 0 aliphatic carbocycles.